The van der Waals surface area contributed by atoms with Crippen LogP contribution >= 0.6 is 11.6 Å². The molecular weight excluding hydrogens is 252 g/mol. The fraction of sp³-hybridized carbons (Fsp3) is 0.250. The quantitative estimate of drug-likeness (QED) is 0.630. The van der Waals surface area contributed by atoms with Crippen LogP contribution in [-0.4, -0.2) is 11.6 Å². The number of benzene rings is 1. The minimum absolute atomic E-state index is 0.377. The van der Waals surface area contributed by atoms with Crippen molar-refractivity contribution in [1.29, 1.82) is 5.26 Å². The summed E-state index contributed by atoms with van der Waals surface area (Å²) in [4.78, 5) is 10.8. The Hall–Kier alpha value is -2.06. The molecule has 0 aliphatic carbocycles. The van der Waals surface area contributed by atoms with Crippen molar-refractivity contribution in [2.45, 2.75) is 19.8 Å². The summed E-state index contributed by atoms with van der Waals surface area (Å²) in [5.41, 5.74) is 8.81. The number of nitrogens with two attached hydrogens (primary N) is 1. The van der Waals surface area contributed by atoms with E-state index in [9.17, 15) is 4.79 Å². The van der Waals surface area contributed by atoms with Crippen molar-refractivity contribution in [3.05, 3.63) is 28.8 Å². The van der Waals surface area contributed by atoms with Crippen LogP contribution in [0.4, 0.5) is 5.69 Å². The molecule has 0 heterocycles. The molecular formula is C12H13ClN4O. The van der Waals surface area contributed by atoms with Gasteiger partial charge in [-0.25, -0.2) is 0 Å². The van der Waals surface area contributed by atoms with Crippen LogP contribution in [0.5, 0.6) is 0 Å². The largest absolute Gasteiger partial charge is 0.364 e. The first kappa shape index (κ1) is 14.0. The highest BCUT2D eigenvalue weighted by Crippen LogP contribution is 2.25. The third kappa shape index (κ3) is 3.47. The molecule has 0 spiro atoms. The molecule has 0 aliphatic rings. The standard InChI is InChI=1S/C12H13ClN4O/c1-2-4-8-9(13)5-3-6-10(8)16-17-11(7-14)12(15)18/h3,5-6,16H,2,4H2,1H3,(H2,15,18)/b17-11+. The molecule has 0 bridgehead atoms. The Morgan fingerprint density at radius 3 is 2.89 bits per heavy atom. The second-order valence-corrected chi connectivity index (χ2v) is 3.97. The van der Waals surface area contributed by atoms with E-state index < -0.39 is 5.91 Å². The topological polar surface area (TPSA) is 91.3 Å². The average molecular weight is 265 g/mol. The van der Waals surface area contributed by atoms with E-state index in [-0.39, 0.29) is 5.71 Å². The fourth-order valence-corrected chi connectivity index (χ4v) is 1.69. The van der Waals surface area contributed by atoms with Gasteiger partial charge in [0, 0.05) is 5.02 Å². The highest BCUT2D eigenvalue weighted by molar-refractivity contribution is 6.44. The number of anilines is 1. The summed E-state index contributed by atoms with van der Waals surface area (Å²) in [5, 5.41) is 12.9. The molecule has 1 aromatic rings. The van der Waals surface area contributed by atoms with Gasteiger partial charge >= 0.3 is 0 Å². The summed E-state index contributed by atoms with van der Waals surface area (Å²) < 4.78 is 0. The van der Waals surface area contributed by atoms with Gasteiger partial charge in [-0.15, -0.1) is 0 Å². The number of rotatable bonds is 5. The first-order chi connectivity index (χ1) is 8.60. The number of nitriles is 1. The minimum Gasteiger partial charge on any atom is -0.364 e. The van der Waals surface area contributed by atoms with Crippen LogP contribution in [0.1, 0.15) is 18.9 Å². The third-order valence-electron chi connectivity index (χ3n) is 2.25. The summed E-state index contributed by atoms with van der Waals surface area (Å²) in [7, 11) is 0. The molecule has 0 aliphatic heterocycles. The van der Waals surface area contributed by atoms with Gasteiger partial charge in [-0.3, -0.25) is 10.2 Å². The zero-order chi connectivity index (χ0) is 13.5. The Morgan fingerprint density at radius 2 is 2.33 bits per heavy atom. The monoisotopic (exact) mass is 264 g/mol. The Labute approximate surface area is 110 Å². The Bertz CT molecular complexity index is 519. The summed E-state index contributed by atoms with van der Waals surface area (Å²) in [5.74, 6) is -0.871. The summed E-state index contributed by atoms with van der Waals surface area (Å²) in [6.07, 6.45) is 1.69. The van der Waals surface area contributed by atoms with E-state index in [4.69, 9.17) is 22.6 Å². The normalized spacial score (nSPS) is 10.8. The van der Waals surface area contributed by atoms with Crippen molar-refractivity contribution in [2.75, 3.05) is 5.43 Å². The Morgan fingerprint density at radius 1 is 1.61 bits per heavy atom. The minimum atomic E-state index is -0.871. The Kier molecular flexibility index (Phi) is 5.15. The molecule has 1 amide bonds. The van der Waals surface area contributed by atoms with Gasteiger partial charge in [-0.1, -0.05) is 31.0 Å². The molecule has 0 fully saturated rings. The first-order valence-electron chi connectivity index (χ1n) is 5.41. The lowest BCUT2D eigenvalue weighted by molar-refractivity contribution is -0.111. The maximum Gasteiger partial charge on any atom is 0.280 e. The van der Waals surface area contributed by atoms with E-state index in [1.165, 1.54) is 0 Å². The van der Waals surface area contributed by atoms with Gasteiger partial charge in [-0.05, 0) is 24.1 Å². The van der Waals surface area contributed by atoms with Crippen molar-refractivity contribution in [2.24, 2.45) is 10.8 Å². The zero-order valence-electron chi connectivity index (χ0n) is 9.90. The van der Waals surface area contributed by atoms with Crippen LogP contribution in [0.3, 0.4) is 0 Å². The van der Waals surface area contributed by atoms with Crippen LogP contribution in [0.15, 0.2) is 23.3 Å². The third-order valence-corrected chi connectivity index (χ3v) is 2.60. The molecule has 0 atom stereocenters. The molecule has 1 aromatic carbocycles. The van der Waals surface area contributed by atoms with Crippen molar-refractivity contribution in [1.82, 2.24) is 0 Å². The summed E-state index contributed by atoms with van der Waals surface area (Å²) in [6.45, 7) is 2.03. The van der Waals surface area contributed by atoms with Crippen LogP contribution in [-0.2, 0) is 11.2 Å². The van der Waals surface area contributed by atoms with E-state index >= 15 is 0 Å². The smallest absolute Gasteiger partial charge is 0.280 e. The lowest BCUT2D eigenvalue weighted by Crippen LogP contribution is -2.22. The van der Waals surface area contributed by atoms with E-state index in [1.54, 1.807) is 24.3 Å². The van der Waals surface area contributed by atoms with Gasteiger partial charge in [0.15, 0.2) is 0 Å². The lowest BCUT2D eigenvalue weighted by Gasteiger charge is -2.09. The number of hydrogen-bond donors (Lipinski definition) is 2. The van der Waals surface area contributed by atoms with Gasteiger partial charge in [0.25, 0.3) is 5.91 Å². The van der Waals surface area contributed by atoms with Crippen molar-refractivity contribution in [3.8, 4) is 6.07 Å². The van der Waals surface area contributed by atoms with E-state index in [0.29, 0.717) is 10.7 Å². The van der Waals surface area contributed by atoms with Gasteiger partial charge in [0.1, 0.15) is 6.07 Å². The summed E-state index contributed by atoms with van der Waals surface area (Å²) in [6, 6.07) is 6.93. The molecule has 0 saturated heterocycles. The molecule has 6 heteroatoms. The molecule has 0 unspecified atom stereocenters. The number of hydrazone groups is 1. The molecule has 94 valence electrons. The van der Waals surface area contributed by atoms with Crippen molar-refractivity contribution in [3.63, 3.8) is 0 Å². The maximum absolute atomic E-state index is 10.8. The number of halogens is 1. The molecule has 0 saturated carbocycles. The summed E-state index contributed by atoms with van der Waals surface area (Å²) >= 11 is 6.07. The number of carbonyl (C=O) groups is 1. The van der Waals surface area contributed by atoms with Crippen molar-refractivity contribution < 1.29 is 4.79 Å². The number of nitrogens with one attached hydrogen (secondary N) is 1. The second kappa shape index (κ2) is 6.62. The molecule has 3 N–H and O–H groups in total. The molecule has 1 rings (SSSR count). The van der Waals surface area contributed by atoms with E-state index in [1.807, 2.05) is 6.92 Å². The van der Waals surface area contributed by atoms with E-state index in [2.05, 4.69) is 10.5 Å². The highest BCUT2D eigenvalue weighted by atomic mass is 35.5. The first-order valence-corrected chi connectivity index (χ1v) is 5.79. The van der Waals surface area contributed by atoms with Crippen LogP contribution in [0.2, 0.25) is 5.02 Å². The average Bonchev–Trinajstić information content (AvgIpc) is 2.33. The van der Waals surface area contributed by atoms with Gasteiger partial charge in [0.2, 0.25) is 5.71 Å². The molecule has 0 radical (unpaired) electrons. The predicted octanol–water partition coefficient (Wildman–Crippen LogP) is 2.07. The van der Waals surface area contributed by atoms with Crippen LogP contribution in [0.25, 0.3) is 0 Å². The fourth-order valence-electron chi connectivity index (χ4n) is 1.42. The van der Waals surface area contributed by atoms with Gasteiger partial charge in [-0.2, -0.15) is 10.4 Å². The van der Waals surface area contributed by atoms with Gasteiger partial charge in [0.05, 0.1) is 5.69 Å². The van der Waals surface area contributed by atoms with Crippen LogP contribution < -0.4 is 11.2 Å². The van der Waals surface area contributed by atoms with Gasteiger partial charge < -0.3 is 5.73 Å². The molecule has 18 heavy (non-hydrogen) atoms. The van der Waals surface area contributed by atoms with Crippen molar-refractivity contribution >= 4 is 28.9 Å². The number of primary amides is 1. The maximum atomic E-state index is 10.8. The molecule has 0 aromatic heterocycles. The molecule has 5 nitrogen and oxygen atoms in total. The lowest BCUT2D eigenvalue weighted by atomic mass is 10.1. The number of carbonyl (C=O) groups excluding carboxylic acids is 1. The SMILES string of the molecule is CCCc1c(Cl)cccc1N/N=C(\C#N)C(N)=O. The highest BCUT2D eigenvalue weighted by Gasteiger charge is 2.08. The predicted molar refractivity (Wildman–Crippen MR) is 71.3 cm³/mol. The number of hydrogen-bond acceptors (Lipinski definition) is 4. The Balaban J connectivity index is 3.01. The van der Waals surface area contributed by atoms with Crippen LogP contribution in [0, 0.1) is 11.3 Å². The second-order valence-electron chi connectivity index (χ2n) is 3.56. The zero-order valence-corrected chi connectivity index (χ0v) is 10.7. The van der Waals surface area contributed by atoms with E-state index in [0.717, 1.165) is 18.4 Å². The number of amides is 1. The number of nitrogens with zero attached hydrogens (tertiary/aromatic N) is 2.